The summed E-state index contributed by atoms with van der Waals surface area (Å²) in [5.74, 6) is -1.22. The predicted molar refractivity (Wildman–Crippen MR) is 134 cm³/mol. The van der Waals surface area contributed by atoms with Gasteiger partial charge in [-0.25, -0.2) is 0 Å². The summed E-state index contributed by atoms with van der Waals surface area (Å²) in [6.07, 6.45) is 2.66. The SMILES string of the molecule is CC(=O)c1c(C)n(-c2ccc(C)cc2)c2cc(C(=O)CC(=O)C=Cc3ccccc3)c(O)cc12. The summed E-state index contributed by atoms with van der Waals surface area (Å²) in [6, 6.07) is 20.2. The number of aromatic hydroxyl groups is 1. The Morgan fingerprint density at radius 1 is 0.941 bits per heavy atom. The van der Waals surface area contributed by atoms with Crippen LogP contribution in [0.25, 0.3) is 22.7 Å². The molecular weight excluding hydrogens is 426 g/mol. The Hall–Kier alpha value is -4.25. The summed E-state index contributed by atoms with van der Waals surface area (Å²) in [5, 5.41) is 11.2. The number of allylic oxidation sites excluding steroid dienone is 1. The second kappa shape index (κ2) is 9.32. The smallest absolute Gasteiger partial charge is 0.174 e. The molecule has 1 N–H and O–H groups in total. The van der Waals surface area contributed by atoms with E-state index in [-0.39, 0.29) is 29.3 Å². The van der Waals surface area contributed by atoms with Gasteiger partial charge >= 0.3 is 0 Å². The van der Waals surface area contributed by atoms with Crippen LogP contribution in [0.4, 0.5) is 0 Å². The van der Waals surface area contributed by atoms with Crippen LogP contribution in [-0.4, -0.2) is 27.0 Å². The highest BCUT2D eigenvalue weighted by atomic mass is 16.3. The first-order valence-corrected chi connectivity index (χ1v) is 11.0. The molecule has 0 bridgehead atoms. The summed E-state index contributed by atoms with van der Waals surface area (Å²) < 4.78 is 1.90. The number of rotatable bonds is 7. The van der Waals surface area contributed by atoms with Crippen molar-refractivity contribution in [3.05, 3.63) is 101 Å². The van der Waals surface area contributed by atoms with E-state index in [1.54, 1.807) is 12.1 Å². The molecule has 0 saturated heterocycles. The second-order valence-corrected chi connectivity index (χ2v) is 8.38. The molecule has 1 heterocycles. The molecule has 0 saturated carbocycles. The quantitative estimate of drug-likeness (QED) is 0.212. The summed E-state index contributed by atoms with van der Waals surface area (Å²) in [7, 11) is 0. The third-order valence-electron chi connectivity index (χ3n) is 5.86. The van der Waals surface area contributed by atoms with Crippen molar-refractivity contribution < 1.29 is 19.5 Å². The number of ketones is 3. The van der Waals surface area contributed by atoms with E-state index in [1.807, 2.05) is 73.0 Å². The Balaban J connectivity index is 1.74. The molecule has 3 aromatic carbocycles. The fourth-order valence-corrected chi connectivity index (χ4v) is 4.21. The van der Waals surface area contributed by atoms with Gasteiger partial charge in [-0.05, 0) is 56.7 Å². The third-order valence-corrected chi connectivity index (χ3v) is 5.86. The number of hydrogen-bond acceptors (Lipinski definition) is 4. The van der Waals surface area contributed by atoms with Gasteiger partial charge in [0, 0.05) is 22.3 Å². The molecule has 170 valence electrons. The Bertz CT molecular complexity index is 1440. The van der Waals surface area contributed by atoms with Crippen molar-refractivity contribution >= 4 is 34.3 Å². The van der Waals surface area contributed by atoms with Crippen molar-refractivity contribution in [2.75, 3.05) is 0 Å². The zero-order valence-electron chi connectivity index (χ0n) is 19.3. The average molecular weight is 452 g/mol. The van der Waals surface area contributed by atoms with Crippen molar-refractivity contribution in [2.24, 2.45) is 0 Å². The number of aryl methyl sites for hydroxylation is 1. The number of phenols is 1. The minimum absolute atomic E-state index is 0.0509. The maximum Gasteiger partial charge on any atom is 0.174 e. The number of nitrogens with zero attached hydrogens (tertiary/aromatic N) is 1. The number of benzene rings is 3. The zero-order chi connectivity index (χ0) is 24.4. The van der Waals surface area contributed by atoms with Gasteiger partial charge < -0.3 is 9.67 Å². The maximum atomic E-state index is 13.0. The average Bonchev–Trinajstić information content (AvgIpc) is 3.09. The molecule has 5 nitrogen and oxygen atoms in total. The number of carbonyl (C=O) groups excluding carboxylic acids is 3. The Morgan fingerprint density at radius 2 is 1.62 bits per heavy atom. The van der Waals surface area contributed by atoms with Crippen LogP contribution in [0.5, 0.6) is 5.75 Å². The van der Waals surface area contributed by atoms with E-state index in [4.69, 9.17) is 0 Å². The second-order valence-electron chi connectivity index (χ2n) is 8.38. The number of carbonyl (C=O) groups is 3. The van der Waals surface area contributed by atoms with Gasteiger partial charge in [0.15, 0.2) is 17.3 Å². The summed E-state index contributed by atoms with van der Waals surface area (Å²) in [5.41, 5.74) is 4.68. The minimum Gasteiger partial charge on any atom is -0.507 e. The van der Waals surface area contributed by atoms with Gasteiger partial charge in [-0.15, -0.1) is 0 Å². The maximum absolute atomic E-state index is 13.0. The molecule has 0 aliphatic rings. The van der Waals surface area contributed by atoms with E-state index in [9.17, 15) is 19.5 Å². The molecule has 0 spiro atoms. The molecule has 4 rings (SSSR count). The van der Waals surface area contributed by atoms with Crippen LogP contribution >= 0.6 is 0 Å². The first-order chi connectivity index (χ1) is 16.3. The van der Waals surface area contributed by atoms with E-state index in [1.165, 1.54) is 19.1 Å². The fourth-order valence-electron chi connectivity index (χ4n) is 4.21. The van der Waals surface area contributed by atoms with Crippen LogP contribution in [0.2, 0.25) is 0 Å². The molecule has 0 aliphatic carbocycles. The van der Waals surface area contributed by atoms with Crippen LogP contribution in [0, 0.1) is 13.8 Å². The molecule has 0 radical (unpaired) electrons. The van der Waals surface area contributed by atoms with E-state index in [0.29, 0.717) is 16.5 Å². The summed E-state index contributed by atoms with van der Waals surface area (Å²) in [6.45, 7) is 5.31. The van der Waals surface area contributed by atoms with Crippen LogP contribution in [0.15, 0.2) is 72.8 Å². The van der Waals surface area contributed by atoms with Crippen molar-refractivity contribution in [2.45, 2.75) is 27.2 Å². The van der Waals surface area contributed by atoms with Gasteiger partial charge in [0.25, 0.3) is 0 Å². The number of Topliss-reactive ketones (excluding diaryl/α,β-unsaturated/α-hetero) is 2. The molecule has 0 unspecified atom stereocenters. The summed E-state index contributed by atoms with van der Waals surface area (Å²) in [4.78, 5) is 37.8. The molecule has 0 amide bonds. The molecule has 0 atom stereocenters. The molecule has 34 heavy (non-hydrogen) atoms. The lowest BCUT2D eigenvalue weighted by Crippen LogP contribution is -2.07. The molecule has 1 aromatic heterocycles. The third kappa shape index (κ3) is 4.46. The van der Waals surface area contributed by atoms with Crippen LogP contribution in [0.1, 0.15) is 50.9 Å². The van der Waals surface area contributed by atoms with Crippen molar-refractivity contribution in [3.8, 4) is 11.4 Å². The number of fused-ring (bicyclic) bond motifs is 1. The molecule has 4 aromatic rings. The van der Waals surface area contributed by atoms with E-state index in [0.717, 1.165) is 22.5 Å². The van der Waals surface area contributed by atoms with Crippen LogP contribution < -0.4 is 0 Å². The predicted octanol–water partition coefficient (Wildman–Crippen LogP) is 6.01. The van der Waals surface area contributed by atoms with E-state index < -0.39 is 5.78 Å². The van der Waals surface area contributed by atoms with Gasteiger partial charge in [-0.3, -0.25) is 14.4 Å². The Morgan fingerprint density at radius 3 is 2.26 bits per heavy atom. The van der Waals surface area contributed by atoms with Crippen molar-refractivity contribution in [1.29, 1.82) is 0 Å². The van der Waals surface area contributed by atoms with Gasteiger partial charge in [-0.2, -0.15) is 0 Å². The molecule has 0 fully saturated rings. The van der Waals surface area contributed by atoms with Gasteiger partial charge in [0.2, 0.25) is 0 Å². The van der Waals surface area contributed by atoms with Gasteiger partial charge in [0.1, 0.15) is 5.75 Å². The minimum atomic E-state index is -0.485. The molecule has 0 aliphatic heterocycles. The summed E-state index contributed by atoms with van der Waals surface area (Å²) >= 11 is 0. The zero-order valence-corrected chi connectivity index (χ0v) is 19.3. The number of aromatic nitrogens is 1. The number of hydrogen-bond donors (Lipinski definition) is 1. The molecular formula is C29H25NO4. The topological polar surface area (TPSA) is 76.4 Å². The lowest BCUT2D eigenvalue weighted by molar-refractivity contribution is -0.113. The highest BCUT2D eigenvalue weighted by molar-refractivity contribution is 6.16. The highest BCUT2D eigenvalue weighted by Gasteiger charge is 2.23. The van der Waals surface area contributed by atoms with E-state index >= 15 is 0 Å². The van der Waals surface area contributed by atoms with Crippen LogP contribution in [0.3, 0.4) is 0 Å². The lowest BCUT2D eigenvalue weighted by atomic mass is 10.0. The lowest BCUT2D eigenvalue weighted by Gasteiger charge is -2.10. The highest BCUT2D eigenvalue weighted by Crippen LogP contribution is 2.34. The van der Waals surface area contributed by atoms with E-state index in [2.05, 4.69) is 0 Å². The fraction of sp³-hybridized carbons (Fsp3) is 0.138. The first-order valence-electron chi connectivity index (χ1n) is 11.0. The van der Waals surface area contributed by atoms with Gasteiger partial charge in [-0.1, -0.05) is 54.1 Å². The largest absolute Gasteiger partial charge is 0.507 e. The van der Waals surface area contributed by atoms with Crippen molar-refractivity contribution in [1.82, 2.24) is 4.57 Å². The van der Waals surface area contributed by atoms with Crippen molar-refractivity contribution in [3.63, 3.8) is 0 Å². The van der Waals surface area contributed by atoms with Gasteiger partial charge in [0.05, 0.1) is 17.5 Å². The first kappa shape index (κ1) is 22.9. The van der Waals surface area contributed by atoms with Crippen LogP contribution in [-0.2, 0) is 4.79 Å². The molecule has 5 heteroatoms. The number of phenolic OH excluding ortho intramolecular Hbond substituents is 1. The standard InChI is InChI=1S/C29H25NO4/c1-18-9-12-22(13-10-18)30-19(2)29(20(3)31)24-17-28(34)25(16-26(24)30)27(33)15-23(32)14-11-21-7-5-4-6-8-21/h4-14,16-17,34H,15H2,1-3H3. The monoisotopic (exact) mass is 451 g/mol. The Labute approximate surface area is 198 Å². The normalized spacial score (nSPS) is 11.3. The Kier molecular flexibility index (Phi) is 6.28.